The number of carbonyl (C=O) groups excluding carboxylic acids is 4. The van der Waals surface area contributed by atoms with Gasteiger partial charge in [-0.05, 0) is 50.7 Å². The summed E-state index contributed by atoms with van der Waals surface area (Å²) in [5.74, 6) is -3.44. The zero-order valence-corrected chi connectivity index (χ0v) is 33.7. The van der Waals surface area contributed by atoms with E-state index in [1.807, 2.05) is 0 Å². The van der Waals surface area contributed by atoms with Gasteiger partial charge in [-0.1, -0.05) is 51.8 Å². The van der Waals surface area contributed by atoms with E-state index >= 15 is 0 Å². The molecule has 2 aromatic rings. The Labute approximate surface area is 330 Å². The number of nitrogens with one attached hydrogen (secondary N) is 3. The van der Waals surface area contributed by atoms with Gasteiger partial charge in [-0.25, -0.2) is 27.5 Å². The predicted octanol–water partition coefficient (Wildman–Crippen LogP) is 5.04. The summed E-state index contributed by atoms with van der Waals surface area (Å²) in [5.41, 5.74) is -5.68. The summed E-state index contributed by atoms with van der Waals surface area (Å²) in [4.78, 5) is 60.4. The number of hydrogen-bond donors (Lipinski definition) is 3. The van der Waals surface area contributed by atoms with Crippen LogP contribution in [-0.2, 0) is 33.6 Å². The normalized spacial score (nSPS) is 21.9. The minimum atomic E-state index is -5.03. The molecule has 1 aliphatic carbocycles. The molecule has 1 saturated heterocycles. The minimum absolute atomic E-state index is 0.0665. The summed E-state index contributed by atoms with van der Waals surface area (Å²) in [5, 5.41) is 5.46. The zero-order valence-electron chi connectivity index (χ0n) is 32.1. The number of alkyl halides is 5. The molecule has 0 unspecified atom stereocenters. The third kappa shape index (κ3) is 10.6. The summed E-state index contributed by atoms with van der Waals surface area (Å²) in [6, 6.07) is 3.31. The highest BCUT2D eigenvalue weighted by atomic mass is 35.5. The molecule has 4 amide bonds. The van der Waals surface area contributed by atoms with Crippen molar-refractivity contribution in [3.05, 3.63) is 29.3 Å². The lowest BCUT2D eigenvalue weighted by Crippen LogP contribution is -2.60. The van der Waals surface area contributed by atoms with Crippen LogP contribution in [0.5, 0.6) is 11.6 Å². The maximum absolute atomic E-state index is 14.5. The van der Waals surface area contributed by atoms with E-state index < -0.39 is 94.0 Å². The van der Waals surface area contributed by atoms with Gasteiger partial charge in [0.1, 0.15) is 36.1 Å². The molecule has 2 fully saturated rings. The molecule has 2 heterocycles. The van der Waals surface area contributed by atoms with Crippen molar-refractivity contribution in [3.63, 3.8) is 0 Å². The first-order valence-corrected chi connectivity index (χ1v) is 19.6. The molecule has 0 radical (unpaired) electrons. The van der Waals surface area contributed by atoms with Gasteiger partial charge in [-0.2, -0.15) is 21.6 Å². The third-order valence-corrected chi connectivity index (χ3v) is 10.7. The number of para-hydroxylation sites is 1. The van der Waals surface area contributed by atoms with Gasteiger partial charge in [0.05, 0.1) is 23.7 Å². The van der Waals surface area contributed by atoms with Crippen molar-refractivity contribution in [1.29, 1.82) is 0 Å². The number of hydrogen-bond acceptors (Lipinski definition) is 11. The van der Waals surface area contributed by atoms with Gasteiger partial charge >= 0.3 is 22.6 Å². The van der Waals surface area contributed by atoms with Crippen LogP contribution >= 0.6 is 11.6 Å². The fourth-order valence-electron chi connectivity index (χ4n) is 6.27. The Kier molecular flexibility index (Phi) is 13.5. The topological polar surface area (TPSA) is 192 Å². The van der Waals surface area contributed by atoms with E-state index in [4.69, 9.17) is 21.1 Å². The molecule has 22 heteroatoms. The average molecular weight is 858 g/mol. The highest BCUT2D eigenvalue weighted by Crippen LogP contribution is 2.47. The Hall–Kier alpha value is -4.24. The molecule has 1 aromatic carbocycles. The molecule has 5 atom stereocenters. The molecule has 2 aliphatic rings. The predicted molar refractivity (Wildman–Crippen MR) is 194 cm³/mol. The Bertz CT molecular complexity index is 1970. The number of carbonyl (C=O) groups is 4. The van der Waals surface area contributed by atoms with Gasteiger partial charge in [0, 0.05) is 17.9 Å². The van der Waals surface area contributed by atoms with Crippen LogP contribution in [0.2, 0.25) is 5.02 Å². The number of nitrogens with zero attached hydrogens (tertiary/aromatic N) is 2. The Morgan fingerprint density at radius 3 is 2.32 bits per heavy atom. The van der Waals surface area contributed by atoms with Crippen LogP contribution in [0.15, 0.2) is 24.3 Å². The molecular weight excluding hydrogens is 813 g/mol. The average Bonchev–Trinajstić information content (AvgIpc) is 3.64. The number of rotatable bonds is 15. The van der Waals surface area contributed by atoms with E-state index in [9.17, 15) is 49.5 Å². The fourth-order valence-corrected chi connectivity index (χ4v) is 7.24. The quantitative estimate of drug-likeness (QED) is 0.203. The SMILES string of the molecule is CCOc1cc(O[C@@H]2C[C@@H](C(=O)N[C@]3(C(=O)NS(=O)(=O)OCC(F)F)C[C@H]3CC)N(C(=O)[C@@H](NC(=O)OC(C)(C)C(F)(F)F)C(C)(C)C)C2)c2cccc(Cl)c2n1. The molecule has 3 N–H and O–H groups in total. The first-order chi connectivity index (χ1) is 26.2. The van der Waals surface area contributed by atoms with Crippen LogP contribution in [0, 0.1) is 11.3 Å². The van der Waals surface area contributed by atoms with Crippen molar-refractivity contribution in [2.45, 2.75) is 110 Å². The lowest BCUT2D eigenvalue weighted by Gasteiger charge is -2.36. The van der Waals surface area contributed by atoms with Crippen molar-refractivity contribution in [1.82, 2.24) is 25.2 Å². The molecule has 0 bridgehead atoms. The second kappa shape index (κ2) is 16.9. The van der Waals surface area contributed by atoms with Gasteiger partial charge in [-0.3, -0.25) is 14.4 Å². The molecule has 57 heavy (non-hydrogen) atoms. The van der Waals surface area contributed by atoms with Crippen LogP contribution in [0.25, 0.3) is 10.9 Å². The van der Waals surface area contributed by atoms with E-state index in [1.54, 1.807) is 36.8 Å². The van der Waals surface area contributed by atoms with Crippen LogP contribution in [0.3, 0.4) is 0 Å². The van der Waals surface area contributed by atoms with Gasteiger partial charge in [-0.15, -0.1) is 0 Å². The number of amides is 4. The first-order valence-electron chi connectivity index (χ1n) is 17.8. The summed E-state index contributed by atoms with van der Waals surface area (Å²) in [6.45, 7) is 7.53. The molecule has 1 aliphatic heterocycles. The maximum Gasteiger partial charge on any atom is 0.427 e. The molecule has 1 aromatic heterocycles. The lowest BCUT2D eigenvalue weighted by molar-refractivity contribution is -0.244. The van der Waals surface area contributed by atoms with Crippen LogP contribution < -0.4 is 24.8 Å². The highest BCUT2D eigenvalue weighted by molar-refractivity contribution is 7.85. The second-order valence-corrected chi connectivity index (χ2v) is 16.9. The number of alkyl carbamates (subject to hydrolysis) is 1. The zero-order chi connectivity index (χ0) is 42.9. The molecule has 15 nitrogen and oxygen atoms in total. The standard InChI is InChI=1S/C35H45ClF5N5O10S/c1-8-18-15-34(18,30(49)45-57(51,52)54-17-24(37)38)44-28(47)22-13-19(55-23-14-25(53-9-2)42-26-20(23)11-10-12-21(26)36)16-46(22)29(48)27(32(3,4)5)43-31(50)56-33(6,7)35(39,40)41/h10-12,14,18-19,22,24,27H,8-9,13,15-17H2,1-7H3,(H,43,50)(H,44,47)(H,45,49)/t18-,19-,22+,27-,34-/m1/s1. The summed E-state index contributed by atoms with van der Waals surface area (Å²) < 4.78 is 113. The summed E-state index contributed by atoms with van der Waals surface area (Å²) in [6.07, 6.45) is -10.8. The number of fused-ring (bicyclic) bond motifs is 1. The van der Waals surface area contributed by atoms with Gasteiger partial charge < -0.3 is 29.7 Å². The van der Waals surface area contributed by atoms with E-state index in [2.05, 4.69) is 24.5 Å². The molecule has 4 rings (SSSR count). The van der Waals surface area contributed by atoms with Crippen LogP contribution in [-0.4, -0.2) is 104 Å². The van der Waals surface area contributed by atoms with E-state index in [-0.39, 0.29) is 49.1 Å². The highest BCUT2D eigenvalue weighted by Gasteiger charge is 2.62. The minimum Gasteiger partial charge on any atom is -0.488 e. The molecule has 318 valence electrons. The fraction of sp³-hybridized carbons (Fsp3) is 0.629. The molecule has 0 spiro atoms. The second-order valence-electron chi connectivity index (χ2n) is 15.2. The third-order valence-electron chi connectivity index (χ3n) is 9.49. The van der Waals surface area contributed by atoms with Crippen molar-refractivity contribution in [2.24, 2.45) is 11.3 Å². The first kappa shape index (κ1) is 45.5. The van der Waals surface area contributed by atoms with Gasteiger partial charge in [0.2, 0.25) is 23.3 Å². The molecular formula is C35H45ClF5N5O10S. The Morgan fingerprint density at radius 1 is 1.09 bits per heavy atom. The van der Waals surface area contributed by atoms with E-state index in [0.717, 1.165) is 4.90 Å². The van der Waals surface area contributed by atoms with Crippen molar-refractivity contribution in [3.8, 4) is 11.6 Å². The van der Waals surface area contributed by atoms with Crippen LogP contribution in [0.1, 0.15) is 67.7 Å². The number of halogens is 6. The van der Waals surface area contributed by atoms with E-state index in [1.165, 1.54) is 26.8 Å². The maximum atomic E-state index is 14.5. The van der Waals surface area contributed by atoms with Crippen molar-refractivity contribution in [2.75, 3.05) is 19.8 Å². The van der Waals surface area contributed by atoms with Gasteiger partial charge in [0.15, 0.2) is 0 Å². The van der Waals surface area contributed by atoms with Crippen molar-refractivity contribution >= 4 is 56.6 Å². The lowest BCUT2D eigenvalue weighted by atomic mass is 9.85. The van der Waals surface area contributed by atoms with Gasteiger partial charge in [0.25, 0.3) is 12.3 Å². The number of benzene rings is 1. The molecule has 1 saturated carbocycles. The monoisotopic (exact) mass is 857 g/mol. The smallest absolute Gasteiger partial charge is 0.427 e. The largest absolute Gasteiger partial charge is 0.488 e. The van der Waals surface area contributed by atoms with E-state index in [0.29, 0.717) is 24.8 Å². The Morgan fingerprint density at radius 2 is 1.75 bits per heavy atom. The number of likely N-dealkylation sites (tertiary alicyclic amines) is 1. The number of aromatic nitrogens is 1. The summed E-state index contributed by atoms with van der Waals surface area (Å²) in [7, 11) is -5.03. The van der Waals surface area contributed by atoms with Crippen LogP contribution in [0.4, 0.5) is 26.7 Å². The number of pyridine rings is 1. The summed E-state index contributed by atoms with van der Waals surface area (Å²) >= 11 is 6.42. The van der Waals surface area contributed by atoms with Crippen molar-refractivity contribution < 1.29 is 67.9 Å². The number of ether oxygens (including phenoxy) is 3. The Balaban J connectivity index is 1.71.